The van der Waals surface area contributed by atoms with Crippen molar-refractivity contribution < 1.29 is 13.2 Å². The third kappa shape index (κ3) is 5.95. The number of hydrogen-bond donors (Lipinski definition) is 2. The molecular weight excluding hydrogens is 302 g/mol. The van der Waals surface area contributed by atoms with Crippen molar-refractivity contribution in [2.24, 2.45) is 5.73 Å². The fraction of sp³-hybridized carbons (Fsp3) is 0.917. The molecule has 1 amide bonds. The third-order valence-corrected chi connectivity index (χ3v) is 5.20. The van der Waals surface area contributed by atoms with Gasteiger partial charge in [-0.3, -0.25) is 4.79 Å². The molecule has 1 fully saturated rings. The van der Waals surface area contributed by atoms with E-state index in [-0.39, 0.29) is 18.3 Å². The summed E-state index contributed by atoms with van der Waals surface area (Å²) in [5.41, 5.74) is 5.84. The van der Waals surface area contributed by atoms with Gasteiger partial charge in [0.25, 0.3) is 0 Å². The lowest BCUT2D eigenvalue weighted by Crippen LogP contribution is -2.42. The standard InChI is InChI=1S/C12H25N3O3S.ClH/c1-10(2)19(17,18)14-7-5-6-11(13)12(16)15-8-3-4-9-15;/h10-11,14H,3-9,13H2,1-2H3;1H. The fourth-order valence-electron chi connectivity index (χ4n) is 2.00. The highest BCUT2D eigenvalue weighted by atomic mass is 35.5. The molecule has 1 unspecified atom stereocenters. The second-order valence-corrected chi connectivity index (χ2v) is 7.59. The molecule has 6 nitrogen and oxygen atoms in total. The summed E-state index contributed by atoms with van der Waals surface area (Å²) in [6, 6.07) is -0.512. The first-order valence-electron chi connectivity index (χ1n) is 6.87. The van der Waals surface area contributed by atoms with Gasteiger partial charge < -0.3 is 10.6 Å². The van der Waals surface area contributed by atoms with Gasteiger partial charge in [-0.25, -0.2) is 13.1 Å². The molecule has 1 heterocycles. The average molecular weight is 328 g/mol. The minimum absolute atomic E-state index is 0. The van der Waals surface area contributed by atoms with Crippen LogP contribution in [-0.2, 0) is 14.8 Å². The molecule has 1 aliphatic heterocycles. The van der Waals surface area contributed by atoms with Crippen molar-refractivity contribution in [3.05, 3.63) is 0 Å². The van der Waals surface area contributed by atoms with Crippen molar-refractivity contribution in [1.29, 1.82) is 0 Å². The van der Waals surface area contributed by atoms with Crippen LogP contribution in [0.15, 0.2) is 0 Å². The second kappa shape index (κ2) is 8.81. The Morgan fingerprint density at radius 2 is 1.85 bits per heavy atom. The monoisotopic (exact) mass is 327 g/mol. The molecule has 120 valence electrons. The summed E-state index contributed by atoms with van der Waals surface area (Å²) in [7, 11) is -3.22. The molecule has 0 bridgehead atoms. The second-order valence-electron chi connectivity index (χ2n) is 5.27. The summed E-state index contributed by atoms with van der Waals surface area (Å²) in [6.07, 6.45) is 3.18. The van der Waals surface area contributed by atoms with Gasteiger partial charge in [0.15, 0.2) is 0 Å². The van der Waals surface area contributed by atoms with Crippen molar-refractivity contribution >= 4 is 28.3 Å². The van der Waals surface area contributed by atoms with Crippen molar-refractivity contribution in [2.45, 2.75) is 50.8 Å². The highest BCUT2D eigenvalue weighted by molar-refractivity contribution is 7.90. The van der Waals surface area contributed by atoms with E-state index in [1.807, 2.05) is 0 Å². The molecular formula is C12H26ClN3O3S. The van der Waals surface area contributed by atoms with E-state index in [0.717, 1.165) is 25.9 Å². The molecule has 0 radical (unpaired) electrons. The number of rotatable bonds is 7. The SMILES string of the molecule is CC(C)S(=O)(=O)NCCCC(N)C(=O)N1CCCC1.Cl. The molecule has 0 aliphatic carbocycles. The minimum Gasteiger partial charge on any atom is -0.341 e. The number of amides is 1. The highest BCUT2D eigenvalue weighted by Gasteiger charge is 2.23. The normalized spacial score (nSPS) is 17.1. The number of sulfonamides is 1. The summed E-state index contributed by atoms with van der Waals surface area (Å²) in [5.74, 6) is -0.00998. The molecule has 0 aromatic carbocycles. The lowest BCUT2D eigenvalue weighted by atomic mass is 10.1. The van der Waals surface area contributed by atoms with Crippen molar-refractivity contribution in [3.63, 3.8) is 0 Å². The Labute approximate surface area is 127 Å². The van der Waals surface area contributed by atoms with E-state index in [2.05, 4.69) is 4.72 Å². The van der Waals surface area contributed by atoms with Crippen molar-refractivity contribution in [2.75, 3.05) is 19.6 Å². The number of likely N-dealkylation sites (tertiary alicyclic amines) is 1. The zero-order valence-corrected chi connectivity index (χ0v) is 13.8. The van der Waals surface area contributed by atoms with Crippen LogP contribution in [0.5, 0.6) is 0 Å². The van der Waals surface area contributed by atoms with Gasteiger partial charge in [-0.05, 0) is 39.5 Å². The van der Waals surface area contributed by atoms with Crippen molar-refractivity contribution in [3.8, 4) is 0 Å². The molecule has 0 aromatic rings. The topological polar surface area (TPSA) is 92.5 Å². The van der Waals surface area contributed by atoms with Gasteiger partial charge in [0.2, 0.25) is 15.9 Å². The Balaban J connectivity index is 0.00000361. The number of hydrogen-bond acceptors (Lipinski definition) is 4. The molecule has 1 rings (SSSR count). The maximum Gasteiger partial charge on any atom is 0.239 e. The van der Waals surface area contributed by atoms with Gasteiger partial charge in [-0.1, -0.05) is 0 Å². The van der Waals surface area contributed by atoms with Crippen LogP contribution in [0.1, 0.15) is 39.5 Å². The van der Waals surface area contributed by atoms with E-state index in [1.165, 1.54) is 0 Å². The van der Waals surface area contributed by atoms with Crippen LogP contribution in [0.3, 0.4) is 0 Å². The van der Waals surface area contributed by atoms with E-state index >= 15 is 0 Å². The van der Waals surface area contributed by atoms with Crippen LogP contribution in [0, 0.1) is 0 Å². The van der Waals surface area contributed by atoms with Gasteiger partial charge in [0, 0.05) is 19.6 Å². The number of carbonyl (C=O) groups excluding carboxylic acids is 1. The molecule has 1 atom stereocenters. The van der Waals surface area contributed by atoms with Gasteiger partial charge in [0.05, 0.1) is 11.3 Å². The van der Waals surface area contributed by atoms with E-state index in [1.54, 1.807) is 18.7 Å². The Bertz CT molecular complexity index is 395. The van der Waals surface area contributed by atoms with Gasteiger partial charge in [0.1, 0.15) is 0 Å². The van der Waals surface area contributed by atoms with Crippen LogP contribution in [-0.4, -0.2) is 50.2 Å². The summed E-state index contributed by atoms with van der Waals surface area (Å²) in [4.78, 5) is 13.7. The predicted octanol–water partition coefficient (Wildman–Crippen LogP) is 0.466. The van der Waals surface area contributed by atoms with E-state index < -0.39 is 21.3 Å². The van der Waals surface area contributed by atoms with Crippen LogP contribution in [0.4, 0.5) is 0 Å². The zero-order valence-electron chi connectivity index (χ0n) is 12.2. The van der Waals surface area contributed by atoms with Crippen LogP contribution < -0.4 is 10.5 Å². The number of nitrogens with one attached hydrogen (secondary N) is 1. The van der Waals surface area contributed by atoms with Crippen molar-refractivity contribution in [1.82, 2.24) is 9.62 Å². The molecule has 20 heavy (non-hydrogen) atoms. The maximum absolute atomic E-state index is 11.9. The summed E-state index contributed by atoms with van der Waals surface area (Å²) < 4.78 is 25.5. The number of carbonyl (C=O) groups is 1. The molecule has 0 spiro atoms. The Morgan fingerprint density at radius 1 is 1.30 bits per heavy atom. The lowest BCUT2D eigenvalue weighted by molar-refractivity contribution is -0.131. The van der Waals surface area contributed by atoms with Crippen LogP contribution in [0.2, 0.25) is 0 Å². The first-order chi connectivity index (χ1) is 8.84. The largest absolute Gasteiger partial charge is 0.341 e. The molecule has 0 aromatic heterocycles. The average Bonchev–Trinajstić information content (AvgIpc) is 2.86. The molecule has 8 heteroatoms. The summed E-state index contributed by atoms with van der Waals surface area (Å²) in [5, 5.41) is -0.438. The van der Waals surface area contributed by atoms with E-state index in [4.69, 9.17) is 5.73 Å². The van der Waals surface area contributed by atoms with Gasteiger partial charge >= 0.3 is 0 Å². The van der Waals surface area contributed by atoms with Gasteiger partial charge in [-0.15, -0.1) is 12.4 Å². The molecule has 3 N–H and O–H groups in total. The smallest absolute Gasteiger partial charge is 0.239 e. The Morgan fingerprint density at radius 3 is 2.35 bits per heavy atom. The first kappa shape index (κ1) is 19.6. The number of nitrogens with zero attached hydrogens (tertiary/aromatic N) is 1. The van der Waals surface area contributed by atoms with Crippen LogP contribution >= 0.6 is 12.4 Å². The minimum atomic E-state index is -3.22. The number of nitrogens with two attached hydrogens (primary N) is 1. The number of halogens is 1. The molecule has 1 aliphatic rings. The highest BCUT2D eigenvalue weighted by Crippen LogP contribution is 2.10. The zero-order chi connectivity index (χ0) is 14.5. The van der Waals surface area contributed by atoms with E-state index in [9.17, 15) is 13.2 Å². The summed E-state index contributed by atoms with van der Waals surface area (Å²) in [6.45, 7) is 5.19. The first-order valence-corrected chi connectivity index (χ1v) is 8.42. The fourth-order valence-corrected chi connectivity index (χ4v) is 2.76. The Hall–Kier alpha value is -0.370. The third-order valence-electron chi connectivity index (χ3n) is 3.35. The lowest BCUT2D eigenvalue weighted by Gasteiger charge is -2.20. The summed E-state index contributed by atoms with van der Waals surface area (Å²) >= 11 is 0. The maximum atomic E-state index is 11.9. The van der Waals surface area contributed by atoms with E-state index in [0.29, 0.717) is 19.4 Å². The van der Waals surface area contributed by atoms with Gasteiger partial charge in [-0.2, -0.15) is 0 Å². The predicted molar refractivity (Wildman–Crippen MR) is 82.3 cm³/mol. The Kier molecular flexibility index (Phi) is 8.65. The molecule has 1 saturated heterocycles. The molecule has 0 saturated carbocycles. The quantitative estimate of drug-likeness (QED) is 0.665. The van der Waals surface area contributed by atoms with Crippen LogP contribution in [0.25, 0.3) is 0 Å².